The van der Waals surface area contributed by atoms with Crippen LogP contribution in [0, 0.1) is 19.3 Å². The number of ether oxygens (including phenoxy) is 2. The number of carbonyl (C=O) groups excluding carboxylic acids is 1. The van der Waals surface area contributed by atoms with Crippen molar-refractivity contribution in [2.75, 3.05) is 11.3 Å². The number of anilines is 1. The first kappa shape index (κ1) is 31.1. The Balaban J connectivity index is 1.33. The SMILES string of the molecule is Cc1cccc(C)c1-c1cc2nc(n1)NSc1cccc(c1)C(=O)N(C1CC(OCc3ccccc3)C1)[C@H](CC(C)(C)C)CO2. The van der Waals surface area contributed by atoms with Gasteiger partial charge in [0.15, 0.2) is 0 Å². The molecule has 0 saturated heterocycles. The molecule has 8 heteroatoms. The number of aromatic nitrogens is 2. The van der Waals surface area contributed by atoms with E-state index in [0.717, 1.165) is 52.1 Å². The van der Waals surface area contributed by atoms with E-state index in [9.17, 15) is 4.79 Å². The lowest BCUT2D eigenvalue weighted by Crippen LogP contribution is -2.57. The third-order valence-corrected chi connectivity index (χ3v) is 9.25. The second-order valence-corrected chi connectivity index (χ2v) is 14.3. The highest BCUT2D eigenvalue weighted by atomic mass is 32.2. The maximum Gasteiger partial charge on any atom is 0.254 e. The van der Waals surface area contributed by atoms with Crippen molar-refractivity contribution >= 4 is 23.8 Å². The second-order valence-electron chi connectivity index (χ2n) is 13.4. The Kier molecular flexibility index (Phi) is 9.15. The number of hydrogen-bond acceptors (Lipinski definition) is 7. The van der Waals surface area contributed by atoms with Gasteiger partial charge in [-0.3, -0.25) is 9.52 Å². The summed E-state index contributed by atoms with van der Waals surface area (Å²) in [5.74, 6) is 0.975. The average molecular weight is 623 g/mol. The summed E-state index contributed by atoms with van der Waals surface area (Å²) in [6, 6.07) is 26.1. The van der Waals surface area contributed by atoms with E-state index in [4.69, 9.17) is 19.4 Å². The molecule has 7 nitrogen and oxygen atoms in total. The summed E-state index contributed by atoms with van der Waals surface area (Å²) >= 11 is 1.39. The smallest absolute Gasteiger partial charge is 0.254 e. The number of carbonyl (C=O) groups is 1. The van der Waals surface area contributed by atoms with Crippen LogP contribution in [-0.4, -0.2) is 45.6 Å². The molecule has 45 heavy (non-hydrogen) atoms. The van der Waals surface area contributed by atoms with Gasteiger partial charge in [-0.15, -0.1) is 0 Å². The van der Waals surface area contributed by atoms with Crippen LogP contribution in [0.25, 0.3) is 11.3 Å². The minimum atomic E-state index is -0.162. The Hall–Kier alpha value is -3.88. The number of nitrogens with zero attached hydrogens (tertiary/aromatic N) is 3. The summed E-state index contributed by atoms with van der Waals surface area (Å²) in [6.07, 6.45) is 2.48. The molecule has 6 rings (SSSR count). The molecule has 1 saturated carbocycles. The average Bonchev–Trinajstić information content (AvgIpc) is 2.99. The van der Waals surface area contributed by atoms with Gasteiger partial charge in [-0.2, -0.15) is 4.98 Å². The van der Waals surface area contributed by atoms with Gasteiger partial charge < -0.3 is 14.4 Å². The predicted molar refractivity (Wildman–Crippen MR) is 180 cm³/mol. The molecule has 1 atom stereocenters. The standard InChI is InChI=1S/C37H42N4O3S/c1-24-11-9-12-25(2)34(24)32-20-33-39-36(38-32)40-45-31-16-10-15-27(17-31)35(42)41(29(23-44-33)21-37(3,4)5)28-18-30(19-28)43-22-26-13-7-6-8-14-26/h6-17,20,28-30H,18-19,21-23H2,1-5H3,(H,38,39,40)/t28?,29-,30?/m1/s1. The van der Waals surface area contributed by atoms with Gasteiger partial charge in [0.25, 0.3) is 5.91 Å². The third-order valence-electron chi connectivity index (χ3n) is 8.47. The van der Waals surface area contributed by atoms with E-state index in [1.807, 2.05) is 48.5 Å². The van der Waals surface area contributed by atoms with Gasteiger partial charge in [0, 0.05) is 28.1 Å². The first-order valence-corrected chi connectivity index (χ1v) is 16.5. The topological polar surface area (TPSA) is 76.6 Å². The molecule has 2 heterocycles. The minimum Gasteiger partial charge on any atom is -0.475 e. The highest BCUT2D eigenvalue weighted by Crippen LogP contribution is 2.36. The Bertz CT molecular complexity index is 1630. The predicted octanol–water partition coefficient (Wildman–Crippen LogP) is 8.27. The van der Waals surface area contributed by atoms with Gasteiger partial charge in [0.2, 0.25) is 11.8 Å². The van der Waals surface area contributed by atoms with Crippen LogP contribution in [0.15, 0.2) is 83.8 Å². The van der Waals surface area contributed by atoms with Crippen LogP contribution < -0.4 is 9.46 Å². The zero-order valence-corrected chi connectivity index (χ0v) is 27.6. The van der Waals surface area contributed by atoms with Crippen molar-refractivity contribution in [3.05, 3.63) is 101 Å². The van der Waals surface area contributed by atoms with Crippen molar-refractivity contribution in [2.45, 2.75) is 83.6 Å². The Morgan fingerprint density at radius 3 is 2.42 bits per heavy atom. The summed E-state index contributed by atoms with van der Waals surface area (Å²) < 4.78 is 16.1. The van der Waals surface area contributed by atoms with E-state index < -0.39 is 0 Å². The lowest BCUT2D eigenvalue weighted by atomic mass is 9.82. The van der Waals surface area contributed by atoms with Crippen LogP contribution in [0.2, 0.25) is 0 Å². The fourth-order valence-electron chi connectivity index (χ4n) is 6.28. The van der Waals surface area contributed by atoms with E-state index >= 15 is 0 Å². The van der Waals surface area contributed by atoms with Crippen molar-refractivity contribution in [3.8, 4) is 17.1 Å². The van der Waals surface area contributed by atoms with Crippen molar-refractivity contribution in [2.24, 2.45) is 5.41 Å². The summed E-state index contributed by atoms with van der Waals surface area (Å²) in [4.78, 5) is 27.0. The van der Waals surface area contributed by atoms with Gasteiger partial charge >= 0.3 is 0 Å². The zero-order chi connectivity index (χ0) is 31.6. The molecule has 0 radical (unpaired) electrons. The molecule has 1 aromatic heterocycles. The summed E-state index contributed by atoms with van der Waals surface area (Å²) in [6.45, 7) is 11.7. The van der Waals surface area contributed by atoms with Crippen molar-refractivity contribution in [1.82, 2.24) is 14.9 Å². The molecular weight excluding hydrogens is 580 g/mol. The highest BCUT2D eigenvalue weighted by molar-refractivity contribution is 8.00. The van der Waals surface area contributed by atoms with Crippen molar-refractivity contribution in [1.29, 1.82) is 0 Å². The Morgan fingerprint density at radius 1 is 0.956 bits per heavy atom. The number of rotatable bonds is 6. The first-order chi connectivity index (χ1) is 21.6. The van der Waals surface area contributed by atoms with E-state index in [2.05, 4.69) is 74.6 Å². The Labute approximate surface area is 270 Å². The summed E-state index contributed by atoms with van der Waals surface area (Å²) in [7, 11) is 0. The molecule has 2 aliphatic rings. The number of fused-ring (bicyclic) bond motifs is 4. The van der Waals surface area contributed by atoms with E-state index in [1.165, 1.54) is 11.9 Å². The monoisotopic (exact) mass is 622 g/mol. The van der Waals surface area contributed by atoms with Crippen LogP contribution in [0.4, 0.5) is 5.95 Å². The van der Waals surface area contributed by atoms with Gasteiger partial charge in [0.05, 0.1) is 24.4 Å². The van der Waals surface area contributed by atoms with E-state index in [-0.39, 0.29) is 29.5 Å². The third kappa shape index (κ3) is 7.51. The number of hydrogen-bond donors (Lipinski definition) is 1. The number of nitrogens with one attached hydrogen (secondary N) is 1. The molecule has 1 fully saturated rings. The lowest BCUT2D eigenvalue weighted by Gasteiger charge is -2.47. The van der Waals surface area contributed by atoms with Crippen LogP contribution >= 0.6 is 11.9 Å². The maximum atomic E-state index is 14.4. The van der Waals surface area contributed by atoms with Crippen LogP contribution in [0.1, 0.15) is 67.1 Å². The Morgan fingerprint density at radius 2 is 1.69 bits per heavy atom. The lowest BCUT2D eigenvalue weighted by molar-refractivity contribution is -0.0661. The fraction of sp³-hybridized carbons (Fsp3) is 0.378. The molecular formula is C37H42N4O3S. The number of amides is 1. The second kappa shape index (κ2) is 13.2. The van der Waals surface area contributed by atoms with Crippen LogP contribution in [0.3, 0.4) is 0 Å². The molecule has 1 N–H and O–H groups in total. The van der Waals surface area contributed by atoms with Gasteiger partial charge in [0.1, 0.15) is 6.61 Å². The maximum absolute atomic E-state index is 14.4. The fourth-order valence-corrected chi connectivity index (χ4v) is 6.92. The van der Waals surface area contributed by atoms with Gasteiger partial charge in [-0.1, -0.05) is 75.4 Å². The molecule has 4 aromatic rings. The van der Waals surface area contributed by atoms with E-state index in [0.29, 0.717) is 30.6 Å². The molecule has 1 aliphatic heterocycles. The molecule has 4 bridgehead atoms. The minimum absolute atomic E-state index is 0.0232. The molecule has 3 aromatic carbocycles. The number of aryl methyl sites for hydroxylation is 2. The van der Waals surface area contributed by atoms with Gasteiger partial charge in [-0.05, 0) is 85.4 Å². The van der Waals surface area contributed by atoms with Crippen molar-refractivity contribution in [3.63, 3.8) is 0 Å². The van der Waals surface area contributed by atoms with Crippen molar-refractivity contribution < 1.29 is 14.3 Å². The largest absolute Gasteiger partial charge is 0.475 e. The highest BCUT2D eigenvalue weighted by Gasteiger charge is 2.42. The molecule has 234 valence electrons. The molecule has 1 amide bonds. The quantitative estimate of drug-likeness (QED) is 0.217. The first-order valence-electron chi connectivity index (χ1n) is 15.7. The van der Waals surface area contributed by atoms with Gasteiger partial charge in [-0.25, -0.2) is 4.98 Å². The summed E-state index contributed by atoms with van der Waals surface area (Å²) in [5, 5.41) is 0. The summed E-state index contributed by atoms with van der Waals surface area (Å²) in [5.41, 5.74) is 5.94. The molecule has 0 unspecified atom stereocenters. The van der Waals surface area contributed by atoms with E-state index in [1.54, 1.807) is 0 Å². The zero-order valence-electron chi connectivity index (χ0n) is 26.7. The molecule has 0 spiro atoms. The number of benzene rings is 3. The molecule has 1 aliphatic carbocycles. The van der Waals surface area contributed by atoms with Crippen LogP contribution in [0.5, 0.6) is 5.88 Å². The normalized spacial score (nSPS) is 20.2. The van der Waals surface area contributed by atoms with Crippen LogP contribution in [-0.2, 0) is 11.3 Å².